The normalized spacial score (nSPS) is 10.7. The standard InChI is InChI=1S/C8H8BrN3S2/c1-2-12-7(10-11-8(12)13)5-3-4-6(9)14-5/h3-4H,2H2,1H3,(H,11,13). The number of aromatic nitrogens is 3. The van der Waals surface area contributed by atoms with Gasteiger partial charge in [-0.15, -0.1) is 11.3 Å². The van der Waals surface area contributed by atoms with E-state index in [1.54, 1.807) is 11.3 Å². The van der Waals surface area contributed by atoms with Crippen LogP contribution in [0, 0.1) is 4.77 Å². The molecule has 6 heteroatoms. The number of rotatable bonds is 2. The lowest BCUT2D eigenvalue weighted by Gasteiger charge is -1.99. The summed E-state index contributed by atoms with van der Waals surface area (Å²) in [7, 11) is 0. The van der Waals surface area contributed by atoms with Crippen molar-refractivity contribution in [2.45, 2.75) is 13.5 Å². The van der Waals surface area contributed by atoms with Crippen molar-refractivity contribution in [3.8, 4) is 10.7 Å². The second-order valence-electron chi connectivity index (χ2n) is 2.70. The topological polar surface area (TPSA) is 33.6 Å². The fourth-order valence-corrected chi connectivity index (χ4v) is 2.88. The van der Waals surface area contributed by atoms with E-state index in [0.29, 0.717) is 4.77 Å². The summed E-state index contributed by atoms with van der Waals surface area (Å²) in [5, 5.41) is 7.01. The van der Waals surface area contributed by atoms with Gasteiger partial charge in [-0.2, -0.15) is 5.10 Å². The van der Waals surface area contributed by atoms with Crippen molar-refractivity contribution in [1.82, 2.24) is 14.8 Å². The molecule has 0 saturated carbocycles. The van der Waals surface area contributed by atoms with Gasteiger partial charge in [0.2, 0.25) is 0 Å². The number of nitrogens with one attached hydrogen (secondary N) is 1. The van der Waals surface area contributed by atoms with Crippen molar-refractivity contribution in [1.29, 1.82) is 0 Å². The van der Waals surface area contributed by atoms with Crippen molar-refractivity contribution in [3.05, 3.63) is 20.7 Å². The van der Waals surface area contributed by atoms with Crippen LogP contribution in [0.3, 0.4) is 0 Å². The Morgan fingerprint density at radius 2 is 2.43 bits per heavy atom. The van der Waals surface area contributed by atoms with Gasteiger partial charge in [0, 0.05) is 6.54 Å². The Morgan fingerprint density at radius 3 is 3.00 bits per heavy atom. The number of nitrogens with zero attached hydrogens (tertiary/aromatic N) is 2. The van der Waals surface area contributed by atoms with Crippen LogP contribution >= 0.6 is 39.5 Å². The van der Waals surface area contributed by atoms with E-state index in [1.165, 1.54) is 0 Å². The van der Waals surface area contributed by atoms with E-state index in [4.69, 9.17) is 12.2 Å². The van der Waals surface area contributed by atoms with Gasteiger partial charge in [0.05, 0.1) is 8.66 Å². The van der Waals surface area contributed by atoms with Crippen LogP contribution in [-0.4, -0.2) is 14.8 Å². The van der Waals surface area contributed by atoms with Crippen LogP contribution in [0.4, 0.5) is 0 Å². The zero-order chi connectivity index (χ0) is 10.1. The Balaban J connectivity index is 2.56. The van der Waals surface area contributed by atoms with Gasteiger partial charge in [-0.05, 0) is 47.2 Å². The molecule has 2 aromatic heterocycles. The molecule has 2 rings (SSSR count). The summed E-state index contributed by atoms with van der Waals surface area (Å²) in [5.74, 6) is 0.910. The number of hydrogen-bond donors (Lipinski definition) is 1. The van der Waals surface area contributed by atoms with Crippen molar-refractivity contribution >= 4 is 39.5 Å². The summed E-state index contributed by atoms with van der Waals surface area (Å²) in [6.07, 6.45) is 0. The molecule has 2 aromatic rings. The number of halogens is 1. The van der Waals surface area contributed by atoms with E-state index in [-0.39, 0.29) is 0 Å². The predicted octanol–water partition coefficient (Wildman–Crippen LogP) is 3.45. The van der Waals surface area contributed by atoms with E-state index < -0.39 is 0 Å². The van der Waals surface area contributed by atoms with E-state index in [9.17, 15) is 0 Å². The minimum absolute atomic E-state index is 0.673. The third kappa shape index (κ3) is 1.69. The molecule has 0 bridgehead atoms. The smallest absolute Gasteiger partial charge is 0.195 e. The number of aromatic amines is 1. The number of thiophene rings is 1. The molecule has 0 aliphatic heterocycles. The average molecular weight is 290 g/mol. The summed E-state index contributed by atoms with van der Waals surface area (Å²) >= 11 is 10.2. The molecule has 0 atom stereocenters. The highest BCUT2D eigenvalue weighted by Gasteiger charge is 2.08. The van der Waals surface area contributed by atoms with Gasteiger partial charge in [-0.1, -0.05) is 0 Å². The monoisotopic (exact) mass is 289 g/mol. The third-order valence-electron chi connectivity index (χ3n) is 1.87. The molecule has 0 aromatic carbocycles. The van der Waals surface area contributed by atoms with Gasteiger partial charge in [-0.3, -0.25) is 9.67 Å². The van der Waals surface area contributed by atoms with E-state index in [1.807, 2.05) is 16.7 Å². The number of hydrogen-bond acceptors (Lipinski definition) is 3. The Bertz CT molecular complexity index is 497. The molecule has 0 amide bonds. The zero-order valence-electron chi connectivity index (χ0n) is 7.45. The van der Waals surface area contributed by atoms with Crippen LogP contribution in [-0.2, 0) is 6.54 Å². The van der Waals surface area contributed by atoms with Crippen LogP contribution in [0.5, 0.6) is 0 Å². The fourth-order valence-electron chi connectivity index (χ4n) is 1.23. The summed E-state index contributed by atoms with van der Waals surface area (Å²) in [6, 6.07) is 4.05. The lowest BCUT2D eigenvalue weighted by Crippen LogP contribution is -1.95. The van der Waals surface area contributed by atoms with Crippen molar-refractivity contribution in [2.75, 3.05) is 0 Å². The largest absolute Gasteiger partial charge is 0.300 e. The van der Waals surface area contributed by atoms with Crippen molar-refractivity contribution < 1.29 is 0 Å². The van der Waals surface area contributed by atoms with E-state index >= 15 is 0 Å². The average Bonchev–Trinajstić information content (AvgIpc) is 2.71. The summed E-state index contributed by atoms with van der Waals surface area (Å²) in [4.78, 5) is 1.12. The maximum atomic E-state index is 5.12. The Hall–Kier alpha value is -0.460. The highest BCUT2D eigenvalue weighted by molar-refractivity contribution is 9.11. The summed E-state index contributed by atoms with van der Waals surface area (Å²) < 4.78 is 3.75. The van der Waals surface area contributed by atoms with Gasteiger partial charge >= 0.3 is 0 Å². The highest BCUT2D eigenvalue weighted by atomic mass is 79.9. The minimum Gasteiger partial charge on any atom is -0.300 e. The first kappa shape index (κ1) is 10.1. The van der Waals surface area contributed by atoms with E-state index in [0.717, 1.165) is 21.0 Å². The highest BCUT2D eigenvalue weighted by Crippen LogP contribution is 2.29. The van der Waals surface area contributed by atoms with Crippen LogP contribution in [0.2, 0.25) is 0 Å². The molecule has 14 heavy (non-hydrogen) atoms. The molecule has 0 aliphatic carbocycles. The SMILES string of the molecule is CCn1c(-c2ccc(Br)s2)n[nH]c1=S. The van der Waals surface area contributed by atoms with Crippen LogP contribution in [0.25, 0.3) is 10.7 Å². The first-order chi connectivity index (χ1) is 6.72. The fraction of sp³-hybridized carbons (Fsp3) is 0.250. The molecule has 0 saturated heterocycles. The molecule has 0 spiro atoms. The van der Waals surface area contributed by atoms with Crippen LogP contribution in [0.15, 0.2) is 15.9 Å². The lowest BCUT2D eigenvalue weighted by molar-refractivity contribution is 0.757. The Labute approximate surface area is 98.9 Å². The summed E-state index contributed by atoms with van der Waals surface area (Å²) in [5.41, 5.74) is 0. The molecule has 74 valence electrons. The van der Waals surface area contributed by atoms with Crippen molar-refractivity contribution in [3.63, 3.8) is 0 Å². The molecular weight excluding hydrogens is 282 g/mol. The Morgan fingerprint density at radius 1 is 1.64 bits per heavy atom. The van der Waals surface area contributed by atoms with E-state index in [2.05, 4.69) is 33.1 Å². The maximum Gasteiger partial charge on any atom is 0.195 e. The molecule has 0 unspecified atom stereocenters. The molecule has 0 fully saturated rings. The molecule has 0 aliphatic rings. The lowest BCUT2D eigenvalue weighted by atomic mass is 10.4. The molecule has 3 nitrogen and oxygen atoms in total. The summed E-state index contributed by atoms with van der Waals surface area (Å²) in [6.45, 7) is 2.89. The number of H-pyrrole nitrogens is 1. The second-order valence-corrected chi connectivity index (χ2v) is 5.55. The zero-order valence-corrected chi connectivity index (χ0v) is 10.7. The van der Waals surface area contributed by atoms with Gasteiger partial charge in [0.15, 0.2) is 10.6 Å². The van der Waals surface area contributed by atoms with Crippen LogP contribution in [0.1, 0.15) is 6.92 Å². The van der Waals surface area contributed by atoms with Crippen molar-refractivity contribution in [2.24, 2.45) is 0 Å². The first-order valence-corrected chi connectivity index (χ1v) is 6.15. The maximum absolute atomic E-state index is 5.12. The van der Waals surface area contributed by atoms with Gasteiger partial charge < -0.3 is 0 Å². The molecule has 1 N–H and O–H groups in total. The van der Waals surface area contributed by atoms with Gasteiger partial charge in [-0.25, -0.2) is 0 Å². The van der Waals surface area contributed by atoms with Crippen LogP contribution < -0.4 is 0 Å². The van der Waals surface area contributed by atoms with Gasteiger partial charge in [0.1, 0.15) is 0 Å². The Kier molecular flexibility index (Phi) is 2.85. The quantitative estimate of drug-likeness (QED) is 0.859. The minimum atomic E-state index is 0.673. The molecule has 2 heterocycles. The third-order valence-corrected chi connectivity index (χ3v) is 3.80. The second kappa shape index (κ2) is 3.96. The molecule has 0 radical (unpaired) electrons. The predicted molar refractivity (Wildman–Crippen MR) is 64.1 cm³/mol. The molecular formula is C8H8BrN3S2. The van der Waals surface area contributed by atoms with Gasteiger partial charge in [0.25, 0.3) is 0 Å². The first-order valence-electron chi connectivity index (χ1n) is 4.13.